The van der Waals surface area contributed by atoms with Crippen LogP contribution in [0.2, 0.25) is 0 Å². The molecule has 0 saturated heterocycles. The van der Waals surface area contributed by atoms with E-state index in [1.807, 2.05) is 24.3 Å². The highest BCUT2D eigenvalue weighted by atomic mass is 16.5. The Morgan fingerprint density at radius 2 is 1.88 bits per heavy atom. The van der Waals surface area contributed by atoms with Crippen LogP contribution in [0.25, 0.3) is 0 Å². The number of ether oxygens (including phenoxy) is 1. The Morgan fingerprint density at radius 3 is 2.58 bits per heavy atom. The molecule has 0 aliphatic heterocycles. The van der Waals surface area contributed by atoms with Gasteiger partial charge in [0.1, 0.15) is 11.2 Å². The smallest absolute Gasteiger partial charge is 0.235 e. The van der Waals surface area contributed by atoms with Gasteiger partial charge in [-0.25, -0.2) is 0 Å². The Kier molecular flexibility index (Phi) is 5.96. The quantitative estimate of drug-likeness (QED) is 0.556. The largest absolute Gasteiger partial charge is 0.496 e. The molecule has 5 heteroatoms. The molecule has 2 aliphatic carbocycles. The first-order chi connectivity index (χ1) is 12.7. The zero-order valence-corrected chi connectivity index (χ0v) is 15.5. The van der Waals surface area contributed by atoms with Gasteiger partial charge in [0, 0.05) is 18.7 Å². The van der Waals surface area contributed by atoms with E-state index in [0.29, 0.717) is 25.9 Å². The van der Waals surface area contributed by atoms with Gasteiger partial charge in [-0.1, -0.05) is 29.8 Å². The summed E-state index contributed by atoms with van der Waals surface area (Å²) in [5.74, 6) is 0.423. The van der Waals surface area contributed by atoms with Gasteiger partial charge in [-0.3, -0.25) is 9.59 Å². The maximum Gasteiger partial charge on any atom is 0.235 e. The highest BCUT2D eigenvalue weighted by Gasteiger charge is 2.56. The molecule has 1 fully saturated rings. The summed E-state index contributed by atoms with van der Waals surface area (Å²) in [4.78, 5) is 25.1. The van der Waals surface area contributed by atoms with Crippen molar-refractivity contribution in [3.8, 4) is 5.75 Å². The number of amides is 2. The van der Waals surface area contributed by atoms with Crippen molar-refractivity contribution < 1.29 is 14.3 Å². The number of allylic oxidation sites excluding steroid dienone is 1. The third kappa shape index (κ3) is 4.26. The molecule has 0 spiro atoms. The molecule has 2 N–H and O–H groups in total. The van der Waals surface area contributed by atoms with Crippen LogP contribution in [0.5, 0.6) is 5.75 Å². The first-order valence-corrected chi connectivity index (χ1v) is 9.52. The molecule has 5 nitrogen and oxygen atoms in total. The lowest BCUT2D eigenvalue weighted by molar-refractivity contribution is -0.137. The van der Waals surface area contributed by atoms with Crippen molar-refractivity contribution in [1.82, 2.24) is 10.6 Å². The molecule has 0 aromatic heterocycles. The van der Waals surface area contributed by atoms with Crippen molar-refractivity contribution in [3.05, 3.63) is 41.5 Å². The van der Waals surface area contributed by atoms with Crippen molar-refractivity contribution in [1.29, 1.82) is 0 Å². The average molecular weight is 356 g/mol. The summed E-state index contributed by atoms with van der Waals surface area (Å²) in [5, 5.41) is 5.88. The topological polar surface area (TPSA) is 67.4 Å². The number of benzene rings is 1. The number of methoxy groups -OCH3 is 1. The van der Waals surface area contributed by atoms with E-state index in [1.54, 1.807) is 7.11 Å². The molecular weight excluding hydrogens is 328 g/mol. The molecule has 140 valence electrons. The third-order valence-corrected chi connectivity index (χ3v) is 5.37. The van der Waals surface area contributed by atoms with Gasteiger partial charge in [-0.15, -0.1) is 0 Å². The minimum atomic E-state index is -0.872. The number of hydrogen-bond donors (Lipinski definition) is 2. The number of hydrogen-bond acceptors (Lipinski definition) is 3. The normalized spacial score (nSPS) is 17.8. The van der Waals surface area contributed by atoms with Crippen LogP contribution in [0, 0.1) is 5.41 Å². The highest BCUT2D eigenvalue weighted by Crippen LogP contribution is 2.46. The number of carbonyl (C=O) groups excluding carboxylic acids is 2. The van der Waals surface area contributed by atoms with E-state index in [9.17, 15) is 9.59 Å². The molecule has 0 atom stereocenters. The van der Waals surface area contributed by atoms with E-state index < -0.39 is 5.41 Å². The molecule has 0 unspecified atom stereocenters. The van der Waals surface area contributed by atoms with Gasteiger partial charge in [-0.05, 0) is 51.0 Å². The zero-order valence-electron chi connectivity index (χ0n) is 15.5. The predicted octanol–water partition coefficient (Wildman–Crippen LogP) is 3.10. The molecule has 2 aliphatic rings. The van der Waals surface area contributed by atoms with Gasteiger partial charge >= 0.3 is 0 Å². The molecule has 2 amide bonds. The Bertz CT molecular complexity index is 692. The number of carbonyl (C=O) groups is 2. The van der Waals surface area contributed by atoms with Crippen LogP contribution in [0.15, 0.2) is 35.9 Å². The Balaban J connectivity index is 1.48. The molecule has 0 heterocycles. The van der Waals surface area contributed by atoms with Gasteiger partial charge < -0.3 is 15.4 Å². The van der Waals surface area contributed by atoms with E-state index in [0.717, 1.165) is 30.6 Å². The summed E-state index contributed by atoms with van der Waals surface area (Å²) >= 11 is 0. The van der Waals surface area contributed by atoms with Gasteiger partial charge in [0.05, 0.1) is 7.11 Å². The van der Waals surface area contributed by atoms with Crippen LogP contribution in [0.1, 0.15) is 50.5 Å². The van der Waals surface area contributed by atoms with E-state index in [1.165, 1.54) is 18.4 Å². The summed E-state index contributed by atoms with van der Waals surface area (Å²) < 4.78 is 5.30. The Morgan fingerprint density at radius 1 is 1.12 bits per heavy atom. The number of nitrogens with one attached hydrogen (secondary N) is 2. The molecule has 0 radical (unpaired) electrons. The van der Waals surface area contributed by atoms with Crippen LogP contribution >= 0.6 is 0 Å². The second kappa shape index (κ2) is 8.39. The summed E-state index contributed by atoms with van der Waals surface area (Å²) in [6.07, 6.45) is 9.24. The monoisotopic (exact) mass is 356 g/mol. The molecule has 1 aromatic carbocycles. The zero-order chi connectivity index (χ0) is 18.4. The lowest BCUT2D eigenvalue weighted by atomic mass is 9.97. The van der Waals surface area contributed by atoms with Crippen LogP contribution < -0.4 is 15.4 Å². The van der Waals surface area contributed by atoms with Crippen molar-refractivity contribution in [2.75, 3.05) is 13.7 Å². The standard InChI is InChI=1S/C21H28N2O3/c1-26-18-10-6-5-9-17(18)15-23-20(25)21(12-13-21)19(24)22-14-11-16-7-3-2-4-8-16/h5-7,9-10H,2-4,8,11-15H2,1H3,(H,22,24)(H,23,25). The fourth-order valence-corrected chi connectivity index (χ4v) is 3.51. The second-order valence-corrected chi connectivity index (χ2v) is 7.19. The van der Waals surface area contributed by atoms with Crippen molar-refractivity contribution in [2.45, 2.75) is 51.5 Å². The average Bonchev–Trinajstić information content (AvgIpc) is 3.49. The van der Waals surface area contributed by atoms with Gasteiger partial charge in [0.15, 0.2) is 0 Å². The third-order valence-electron chi connectivity index (χ3n) is 5.37. The lowest BCUT2D eigenvalue weighted by Crippen LogP contribution is -2.43. The van der Waals surface area contributed by atoms with Crippen molar-refractivity contribution in [3.63, 3.8) is 0 Å². The summed E-state index contributed by atoms with van der Waals surface area (Å²) in [6.45, 7) is 0.983. The highest BCUT2D eigenvalue weighted by molar-refractivity contribution is 6.07. The molecule has 1 saturated carbocycles. The fraction of sp³-hybridized carbons (Fsp3) is 0.524. The summed E-state index contributed by atoms with van der Waals surface area (Å²) in [7, 11) is 1.61. The first-order valence-electron chi connectivity index (χ1n) is 9.52. The maximum atomic E-state index is 12.6. The van der Waals surface area contributed by atoms with Gasteiger partial charge in [0.25, 0.3) is 0 Å². The maximum absolute atomic E-state index is 12.6. The van der Waals surface area contributed by atoms with E-state index in [4.69, 9.17) is 4.74 Å². The van der Waals surface area contributed by atoms with Crippen LogP contribution in [0.3, 0.4) is 0 Å². The van der Waals surface area contributed by atoms with Crippen molar-refractivity contribution in [2.24, 2.45) is 5.41 Å². The molecule has 0 bridgehead atoms. The summed E-state index contributed by atoms with van der Waals surface area (Å²) in [6, 6.07) is 7.57. The van der Waals surface area contributed by atoms with Crippen LogP contribution in [0.4, 0.5) is 0 Å². The Labute approximate surface area is 155 Å². The summed E-state index contributed by atoms with van der Waals surface area (Å²) in [5.41, 5.74) is 1.47. The van der Waals surface area contributed by atoms with Crippen molar-refractivity contribution >= 4 is 11.8 Å². The minimum Gasteiger partial charge on any atom is -0.496 e. The predicted molar refractivity (Wildman–Crippen MR) is 101 cm³/mol. The number of rotatable bonds is 8. The van der Waals surface area contributed by atoms with Gasteiger partial charge in [-0.2, -0.15) is 0 Å². The SMILES string of the molecule is COc1ccccc1CNC(=O)C1(C(=O)NCCC2=CCCCC2)CC1. The number of para-hydroxylation sites is 1. The lowest BCUT2D eigenvalue weighted by Gasteiger charge is -2.17. The second-order valence-electron chi connectivity index (χ2n) is 7.19. The van der Waals surface area contributed by atoms with E-state index >= 15 is 0 Å². The molecular formula is C21H28N2O3. The van der Waals surface area contributed by atoms with Gasteiger partial charge in [0.2, 0.25) is 11.8 Å². The minimum absolute atomic E-state index is 0.133. The molecule has 3 rings (SSSR count). The molecule has 1 aromatic rings. The van der Waals surface area contributed by atoms with E-state index in [2.05, 4.69) is 16.7 Å². The fourth-order valence-electron chi connectivity index (χ4n) is 3.51. The van der Waals surface area contributed by atoms with Crippen LogP contribution in [-0.4, -0.2) is 25.5 Å². The van der Waals surface area contributed by atoms with E-state index in [-0.39, 0.29) is 11.8 Å². The van der Waals surface area contributed by atoms with Crippen LogP contribution in [-0.2, 0) is 16.1 Å². The first kappa shape index (κ1) is 18.5. The Hall–Kier alpha value is -2.30. The molecule has 26 heavy (non-hydrogen) atoms.